The minimum atomic E-state index is 0.0684. The standard InChI is InChI=1S/C17H27NO2/c1-17(2)12-14(9-11-20-17)8-10-18-13-15-4-6-16(19-3)7-5-15/h4-7,14,18H,8-13H2,1-3H3/t14-/m0/s1. The number of ether oxygens (including phenoxy) is 2. The first-order valence-corrected chi connectivity index (χ1v) is 7.57. The first kappa shape index (κ1) is 15.3. The molecule has 3 heteroatoms. The lowest BCUT2D eigenvalue weighted by Crippen LogP contribution is -2.35. The highest BCUT2D eigenvalue weighted by Crippen LogP contribution is 2.30. The lowest BCUT2D eigenvalue weighted by molar-refractivity contribution is -0.0733. The molecule has 3 nitrogen and oxygen atoms in total. The van der Waals surface area contributed by atoms with Crippen LogP contribution >= 0.6 is 0 Å². The summed E-state index contributed by atoms with van der Waals surface area (Å²) in [5.74, 6) is 1.71. The fourth-order valence-electron chi connectivity index (χ4n) is 2.89. The highest BCUT2D eigenvalue weighted by molar-refractivity contribution is 5.26. The molecule has 112 valence electrons. The van der Waals surface area contributed by atoms with E-state index in [1.807, 2.05) is 12.1 Å². The van der Waals surface area contributed by atoms with Crippen molar-refractivity contribution in [1.29, 1.82) is 0 Å². The van der Waals surface area contributed by atoms with E-state index in [9.17, 15) is 0 Å². The Hall–Kier alpha value is -1.06. The minimum absolute atomic E-state index is 0.0684. The molecular formula is C17H27NO2. The van der Waals surface area contributed by atoms with Crippen LogP contribution in [0.15, 0.2) is 24.3 Å². The molecular weight excluding hydrogens is 250 g/mol. The van der Waals surface area contributed by atoms with Gasteiger partial charge in [-0.3, -0.25) is 0 Å². The third-order valence-electron chi connectivity index (χ3n) is 4.02. The van der Waals surface area contributed by atoms with Crippen LogP contribution < -0.4 is 10.1 Å². The number of rotatable bonds is 6. The van der Waals surface area contributed by atoms with Crippen molar-refractivity contribution in [3.8, 4) is 5.75 Å². The molecule has 0 saturated carbocycles. The van der Waals surface area contributed by atoms with Crippen LogP contribution in [0.4, 0.5) is 0 Å². The lowest BCUT2D eigenvalue weighted by atomic mass is 9.86. The predicted molar refractivity (Wildman–Crippen MR) is 82.1 cm³/mol. The summed E-state index contributed by atoms with van der Waals surface area (Å²) in [6.07, 6.45) is 3.62. The highest BCUT2D eigenvalue weighted by Gasteiger charge is 2.28. The molecule has 1 aliphatic rings. The zero-order chi connectivity index (χ0) is 14.4. The van der Waals surface area contributed by atoms with E-state index in [2.05, 4.69) is 31.3 Å². The molecule has 1 aromatic rings. The largest absolute Gasteiger partial charge is 0.497 e. The van der Waals surface area contributed by atoms with Crippen LogP contribution in [-0.2, 0) is 11.3 Å². The van der Waals surface area contributed by atoms with E-state index in [4.69, 9.17) is 9.47 Å². The molecule has 1 aromatic carbocycles. The summed E-state index contributed by atoms with van der Waals surface area (Å²) in [5, 5.41) is 3.53. The van der Waals surface area contributed by atoms with Crippen molar-refractivity contribution >= 4 is 0 Å². The lowest BCUT2D eigenvalue weighted by Gasteiger charge is -2.35. The number of nitrogens with one attached hydrogen (secondary N) is 1. The highest BCUT2D eigenvalue weighted by atomic mass is 16.5. The van der Waals surface area contributed by atoms with Gasteiger partial charge in [0.2, 0.25) is 0 Å². The predicted octanol–water partition coefficient (Wildman–Crippen LogP) is 3.38. The zero-order valence-electron chi connectivity index (χ0n) is 12.9. The quantitative estimate of drug-likeness (QED) is 0.809. The Balaban J connectivity index is 1.65. The van der Waals surface area contributed by atoms with E-state index in [0.717, 1.165) is 31.4 Å². The van der Waals surface area contributed by atoms with Crippen LogP contribution in [-0.4, -0.2) is 25.9 Å². The molecule has 1 fully saturated rings. The SMILES string of the molecule is COc1ccc(CNCC[C@H]2CCOC(C)(C)C2)cc1. The van der Waals surface area contributed by atoms with Gasteiger partial charge in [-0.25, -0.2) is 0 Å². The van der Waals surface area contributed by atoms with E-state index in [1.54, 1.807) is 7.11 Å². The van der Waals surface area contributed by atoms with Crippen molar-refractivity contribution in [2.24, 2.45) is 5.92 Å². The Morgan fingerprint density at radius 3 is 2.70 bits per heavy atom. The number of hydrogen-bond donors (Lipinski definition) is 1. The van der Waals surface area contributed by atoms with Gasteiger partial charge in [0.05, 0.1) is 12.7 Å². The van der Waals surface area contributed by atoms with E-state index >= 15 is 0 Å². The summed E-state index contributed by atoms with van der Waals surface area (Å²) in [5.41, 5.74) is 1.37. The molecule has 20 heavy (non-hydrogen) atoms. The van der Waals surface area contributed by atoms with Gasteiger partial charge in [0.25, 0.3) is 0 Å². The summed E-state index contributed by atoms with van der Waals surface area (Å²) >= 11 is 0. The smallest absolute Gasteiger partial charge is 0.118 e. The van der Waals surface area contributed by atoms with Gasteiger partial charge in [-0.05, 0) is 63.3 Å². The van der Waals surface area contributed by atoms with E-state index in [0.29, 0.717) is 0 Å². The Labute approximate surface area is 122 Å². The Morgan fingerprint density at radius 2 is 2.05 bits per heavy atom. The third-order valence-corrected chi connectivity index (χ3v) is 4.02. The second kappa shape index (κ2) is 7.09. The summed E-state index contributed by atoms with van der Waals surface area (Å²) < 4.78 is 10.9. The van der Waals surface area contributed by atoms with E-state index in [-0.39, 0.29) is 5.60 Å². The Bertz CT molecular complexity index is 400. The van der Waals surface area contributed by atoms with Gasteiger partial charge in [0.15, 0.2) is 0 Å². The van der Waals surface area contributed by atoms with Crippen LogP contribution in [0.2, 0.25) is 0 Å². The molecule has 1 heterocycles. The van der Waals surface area contributed by atoms with Crippen molar-refractivity contribution in [3.05, 3.63) is 29.8 Å². The summed E-state index contributed by atoms with van der Waals surface area (Å²) in [6, 6.07) is 8.25. The molecule has 0 unspecified atom stereocenters. The zero-order valence-corrected chi connectivity index (χ0v) is 12.9. The summed E-state index contributed by atoms with van der Waals surface area (Å²) in [6.45, 7) is 7.31. The molecule has 0 aromatic heterocycles. The third kappa shape index (κ3) is 4.80. The molecule has 0 aliphatic carbocycles. The topological polar surface area (TPSA) is 30.5 Å². The fraction of sp³-hybridized carbons (Fsp3) is 0.647. The van der Waals surface area contributed by atoms with Crippen molar-refractivity contribution in [1.82, 2.24) is 5.32 Å². The van der Waals surface area contributed by atoms with Gasteiger partial charge in [-0.15, -0.1) is 0 Å². The molecule has 1 saturated heterocycles. The number of benzene rings is 1. The van der Waals surface area contributed by atoms with Gasteiger partial charge in [0, 0.05) is 13.2 Å². The van der Waals surface area contributed by atoms with Crippen LogP contribution in [0, 0.1) is 5.92 Å². The normalized spacial score (nSPS) is 21.6. The molecule has 0 radical (unpaired) electrons. The monoisotopic (exact) mass is 277 g/mol. The van der Waals surface area contributed by atoms with Gasteiger partial charge in [0.1, 0.15) is 5.75 Å². The van der Waals surface area contributed by atoms with Crippen molar-refractivity contribution in [3.63, 3.8) is 0 Å². The molecule has 2 rings (SSSR count). The number of hydrogen-bond acceptors (Lipinski definition) is 3. The van der Waals surface area contributed by atoms with Crippen molar-refractivity contribution < 1.29 is 9.47 Å². The molecule has 1 atom stereocenters. The molecule has 0 amide bonds. The first-order chi connectivity index (χ1) is 9.59. The van der Waals surface area contributed by atoms with Gasteiger partial charge >= 0.3 is 0 Å². The van der Waals surface area contributed by atoms with Crippen molar-refractivity contribution in [2.75, 3.05) is 20.3 Å². The van der Waals surface area contributed by atoms with Gasteiger partial charge in [-0.2, -0.15) is 0 Å². The molecule has 1 N–H and O–H groups in total. The second-order valence-electron chi connectivity index (χ2n) is 6.28. The molecule has 1 aliphatic heterocycles. The van der Waals surface area contributed by atoms with Crippen LogP contribution in [0.3, 0.4) is 0 Å². The maximum absolute atomic E-state index is 5.76. The van der Waals surface area contributed by atoms with Crippen molar-refractivity contribution in [2.45, 2.75) is 45.3 Å². The van der Waals surface area contributed by atoms with E-state index < -0.39 is 0 Å². The minimum Gasteiger partial charge on any atom is -0.497 e. The first-order valence-electron chi connectivity index (χ1n) is 7.57. The van der Waals surface area contributed by atoms with E-state index in [1.165, 1.54) is 24.8 Å². The maximum atomic E-state index is 5.76. The van der Waals surface area contributed by atoms with Crippen LogP contribution in [0.25, 0.3) is 0 Å². The summed E-state index contributed by atoms with van der Waals surface area (Å²) in [7, 11) is 1.70. The maximum Gasteiger partial charge on any atom is 0.118 e. The van der Waals surface area contributed by atoms with Gasteiger partial charge in [-0.1, -0.05) is 12.1 Å². The Morgan fingerprint density at radius 1 is 1.30 bits per heavy atom. The molecule has 0 spiro atoms. The average molecular weight is 277 g/mol. The number of methoxy groups -OCH3 is 1. The Kier molecular flexibility index (Phi) is 5.44. The van der Waals surface area contributed by atoms with Crippen LogP contribution in [0.1, 0.15) is 38.7 Å². The van der Waals surface area contributed by atoms with Crippen LogP contribution in [0.5, 0.6) is 5.75 Å². The van der Waals surface area contributed by atoms with Gasteiger partial charge < -0.3 is 14.8 Å². The summed E-state index contributed by atoms with van der Waals surface area (Å²) in [4.78, 5) is 0. The average Bonchev–Trinajstić information content (AvgIpc) is 2.43. The second-order valence-corrected chi connectivity index (χ2v) is 6.28. The molecule has 0 bridgehead atoms. The fourth-order valence-corrected chi connectivity index (χ4v) is 2.89.